The SMILES string of the molecule is CCCCCCCCC(C)C(=O)OCC(COC(=O)C(C)CCCCCCCC)OC(=O)C(C)CCCCCCCC. The third-order valence-electron chi connectivity index (χ3n) is 8.28. The Morgan fingerprint density at radius 1 is 0.429 bits per heavy atom. The van der Waals surface area contributed by atoms with Crippen molar-refractivity contribution < 1.29 is 28.6 Å². The fourth-order valence-corrected chi connectivity index (χ4v) is 5.08. The van der Waals surface area contributed by atoms with E-state index >= 15 is 0 Å². The maximum Gasteiger partial charge on any atom is 0.309 e. The molecular weight excluding hydrogens is 528 g/mol. The predicted molar refractivity (Wildman–Crippen MR) is 173 cm³/mol. The Balaban J connectivity index is 4.78. The fraction of sp³-hybridized carbons (Fsp3) is 0.917. The first kappa shape index (κ1) is 40.4. The lowest BCUT2D eigenvalue weighted by molar-refractivity contribution is -0.171. The van der Waals surface area contributed by atoms with Crippen LogP contribution in [0.5, 0.6) is 0 Å². The van der Waals surface area contributed by atoms with E-state index in [9.17, 15) is 14.4 Å². The summed E-state index contributed by atoms with van der Waals surface area (Å²) < 4.78 is 16.9. The van der Waals surface area contributed by atoms with Crippen molar-refractivity contribution in [1.29, 1.82) is 0 Å². The molecule has 0 aromatic heterocycles. The van der Waals surface area contributed by atoms with E-state index < -0.39 is 6.10 Å². The molecule has 0 saturated carbocycles. The summed E-state index contributed by atoms with van der Waals surface area (Å²) in [6, 6.07) is 0. The van der Waals surface area contributed by atoms with Gasteiger partial charge in [0, 0.05) is 0 Å². The van der Waals surface area contributed by atoms with Crippen molar-refractivity contribution in [1.82, 2.24) is 0 Å². The predicted octanol–water partition coefficient (Wildman–Crippen LogP) is 10.1. The number of carbonyl (C=O) groups is 3. The van der Waals surface area contributed by atoms with Crippen LogP contribution in [0.4, 0.5) is 0 Å². The monoisotopic (exact) mass is 597 g/mol. The van der Waals surface area contributed by atoms with Crippen LogP contribution in [0.2, 0.25) is 0 Å². The van der Waals surface area contributed by atoms with E-state index in [-0.39, 0.29) is 48.9 Å². The minimum Gasteiger partial charge on any atom is -0.461 e. The number of hydrogen-bond acceptors (Lipinski definition) is 6. The van der Waals surface area contributed by atoms with E-state index in [1.165, 1.54) is 77.0 Å². The van der Waals surface area contributed by atoms with Crippen molar-refractivity contribution in [2.24, 2.45) is 17.8 Å². The van der Waals surface area contributed by atoms with Crippen molar-refractivity contribution in [3.63, 3.8) is 0 Å². The molecule has 0 radical (unpaired) electrons. The lowest BCUT2D eigenvalue weighted by Crippen LogP contribution is -2.34. The van der Waals surface area contributed by atoms with Gasteiger partial charge >= 0.3 is 17.9 Å². The highest BCUT2D eigenvalue weighted by Crippen LogP contribution is 2.18. The van der Waals surface area contributed by atoms with Gasteiger partial charge in [0.15, 0.2) is 6.10 Å². The van der Waals surface area contributed by atoms with Crippen LogP contribution in [0.25, 0.3) is 0 Å². The summed E-state index contributed by atoms with van der Waals surface area (Å²) in [5, 5.41) is 0. The Morgan fingerprint density at radius 2 is 0.714 bits per heavy atom. The van der Waals surface area contributed by atoms with Gasteiger partial charge in [0.05, 0.1) is 17.8 Å². The summed E-state index contributed by atoms with van der Waals surface area (Å²) in [6.07, 6.45) is 22.7. The number of hydrogen-bond donors (Lipinski definition) is 0. The Kier molecular flexibility index (Phi) is 27.1. The van der Waals surface area contributed by atoms with Crippen molar-refractivity contribution in [2.45, 2.75) is 182 Å². The molecule has 0 aliphatic rings. The molecular formula is C36H68O6. The molecule has 6 nitrogen and oxygen atoms in total. The summed E-state index contributed by atoms with van der Waals surface area (Å²) in [5.41, 5.74) is 0. The lowest BCUT2D eigenvalue weighted by Gasteiger charge is -2.22. The van der Waals surface area contributed by atoms with Gasteiger partial charge < -0.3 is 14.2 Å². The second-order valence-corrected chi connectivity index (χ2v) is 12.7. The average Bonchev–Trinajstić information content (AvgIpc) is 2.98. The van der Waals surface area contributed by atoms with Crippen LogP contribution < -0.4 is 0 Å². The first-order valence-corrected chi connectivity index (χ1v) is 17.8. The Bertz CT molecular complexity index is 625. The minimum atomic E-state index is -0.792. The van der Waals surface area contributed by atoms with Crippen molar-refractivity contribution in [3.8, 4) is 0 Å². The first-order valence-electron chi connectivity index (χ1n) is 17.8. The standard InChI is InChI=1S/C36H68O6/c1-7-10-13-16-19-22-25-30(4)34(37)40-28-33(42-36(39)32(6)27-24-21-18-15-12-9-3)29-41-35(38)31(5)26-23-20-17-14-11-8-2/h30-33H,7-29H2,1-6H3. The summed E-state index contributed by atoms with van der Waals surface area (Å²) in [7, 11) is 0. The molecule has 0 aromatic carbocycles. The summed E-state index contributed by atoms with van der Waals surface area (Å²) in [4.78, 5) is 38.2. The van der Waals surface area contributed by atoms with E-state index in [0.717, 1.165) is 57.8 Å². The van der Waals surface area contributed by atoms with E-state index in [0.29, 0.717) is 0 Å². The number of unbranched alkanes of at least 4 members (excludes halogenated alkanes) is 15. The third-order valence-corrected chi connectivity index (χ3v) is 8.28. The zero-order valence-corrected chi connectivity index (χ0v) is 28.5. The molecule has 0 amide bonds. The molecule has 0 aromatic rings. The molecule has 0 rings (SSSR count). The molecule has 0 spiro atoms. The number of ether oxygens (including phenoxy) is 3. The Labute approximate surface area is 259 Å². The molecule has 0 bridgehead atoms. The topological polar surface area (TPSA) is 78.9 Å². The van der Waals surface area contributed by atoms with E-state index in [1.54, 1.807) is 0 Å². The van der Waals surface area contributed by atoms with Gasteiger partial charge in [-0.25, -0.2) is 0 Å². The minimum absolute atomic E-state index is 0.0890. The second-order valence-electron chi connectivity index (χ2n) is 12.7. The highest BCUT2D eigenvalue weighted by atomic mass is 16.6. The number of carbonyl (C=O) groups excluding carboxylic acids is 3. The van der Waals surface area contributed by atoms with Gasteiger partial charge in [-0.1, -0.05) is 157 Å². The Hall–Kier alpha value is -1.59. The van der Waals surface area contributed by atoms with Crippen molar-refractivity contribution in [3.05, 3.63) is 0 Å². The highest BCUT2D eigenvalue weighted by molar-refractivity contribution is 5.73. The van der Waals surface area contributed by atoms with Crippen molar-refractivity contribution >= 4 is 17.9 Å². The first-order chi connectivity index (χ1) is 20.3. The average molecular weight is 597 g/mol. The van der Waals surface area contributed by atoms with Crippen LogP contribution in [0.1, 0.15) is 176 Å². The van der Waals surface area contributed by atoms with Crippen LogP contribution in [0, 0.1) is 17.8 Å². The fourth-order valence-electron chi connectivity index (χ4n) is 5.08. The van der Waals surface area contributed by atoms with Crippen LogP contribution in [-0.2, 0) is 28.6 Å². The molecule has 3 unspecified atom stereocenters. The van der Waals surface area contributed by atoms with Gasteiger partial charge in [-0.2, -0.15) is 0 Å². The molecule has 248 valence electrons. The van der Waals surface area contributed by atoms with Gasteiger partial charge in [0.2, 0.25) is 0 Å². The zero-order chi connectivity index (χ0) is 31.4. The third kappa shape index (κ3) is 22.9. The molecule has 0 heterocycles. The van der Waals surface area contributed by atoms with Crippen LogP contribution in [0.3, 0.4) is 0 Å². The molecule has 42 heavy (non-hydrogen) atoms. The number of esters is 3. The largest absolute Gasteiger partial charge is 0.461 e. The number of rotatable bonds is 29. The smallest absolute Gasteiger partial charge is 0.309 e. The van der Waals surface area contributed by atoms with Gasteiger partial charge in [-0.3, -0.25) is 14.4 Å². The van der Waals surface area contributed by atoms with Crippen LogP contribution >= 0.6 is 0 Å². The van der Waals surface area contributed by atoms with Gasteiger partial charge in [-0.05, 0) is 19.3 Å². The maximum atomic E-state index is 12.9. The van der Waals surface area contributed by atoms with Crippen LogP contribution in [-0.4, -0.2) is 37.2 Å². The molecule has 6 heteroatoms. The van der Waals surface area contributed by atoms with Gasteiger partial charge in [0.25, 0.3) is 0 Å². The maximum absolute atomic E-state index is 12.9. The van der Waals surface area contributed by atoms with Crippen LogP contribution in [0.15, 0.2) is 0 Å². The molecule has 0 saturated heterocycles. The Morgan fingerprint density at radius 3 is 1.05 bits per heavy atom. The van der Waals surface area contributed by atoms with E-state index in [4.69, 9.17) is 14.2 Å². The van der Waals surface area contributed by atoms with E-state index in [1.807, 2.05) is 20.8 Å². The summed E-state index contributed by atoms with van der Waals surface area (Å²) >= 11 is 0. The molecule has 0 N–H and O–H groups in total. The highest BCUT2D eigenvalue weighted by Gasteiger charge is 2.25. The normalized spacial score (nSPS) is 14.1. The quantitative estimate of drug-likeness (QED) is 0.0485. The van der Waals surface area contributed by atoms with E-state index in [2.05, 4.69) is 20.8 Å². The molecule has 0 aliphatic heterocycles. The van der Waals surface area contributed by atoms with Gasteiger partial charge in [0.1, 0.15) is 13.2 Å². The summed E-state index contributed by atoms with van der Waals surface area (Å²) in [6.45, 7) is 12.1. The summed E-state index contributed by atoms with van der Waals surface area (Å²) in [5.74, 6) is -1.55. The van der Waals surface area contributed by atoms with Gasteiger partial charge in [-0.15, -0.1) is 0 Å². The molecule has 3 atom stereocenters. The lowest BCUT2D eigenvalue weighted by atomic mass is 10.0. The zero-order valence-electron chi connectivity index (χ0n) is 28.5. The second kappa shape index (κ2) is 28.2. The molecule has 0 fully saturated rings. The molecule has 0 aliphatic carbocycles. The van der Waals surface area contributed by atoms with Crippen molar-refractivity contribution in [2.75, 3.05) is 13.2 Å².